The van der Waals surface area contributed by atoms with Gasteiger partial charge in [-0.25, -0.2) is 4.98 Å². The minimum Gasteiger partial charge on any atom is -0.493 e. The Hall–Kier alpha value is -2.80. The van der Waals surface area contributed by atoms with E-state index in [0.29, 0.717) is 33.1 Å². The molecule has 0 aliphatic rings. The first-order chi connectivity index (χ1) is 14.0. The number of thioether (sulfide) groups is 1. The average molecular weight is 413 g/mol. The highest BCUT2D eigenvalue weighted by Crippen LogP contribution is 2.29. The van der Waals surface area contributed by atoms with Crippen LogP contribution in [0.25, 0.3) is 10.9 Å². The summed E-state index contributed by atoms with van der Waals surface area (Å²) in [6, 6.07) is 12.4. The third-order valence-electron chi connectivity index (χ3n) is 4.84. The number of aromatic nitrogens is 2. The Labute approximate surface area is 173 Å². The Kier molecular flexibility index (Phi) is 6.59. The van der Waals surface area contributed by atoms with Crippen molar-refractivity contribution in [2.45, 2.75) is 31.5 Å². The third-order valence-corrected chi connectivity index (χ3v) is 5.80. The normalized spacial score (nSPS) is 12.0. The maximum absolute atomic E-state index is 13.0. The van der Waals surface area contributed by atoms with Crippen molar-refractivity contribution in [3.63, 3.8) is 0 Å². The number of ether oxygens (including phenoxy) is 2. The summed E-state index contributed by atoms with van der Waals surface area (Å²) in [5.74, 6) is 1.16. The first kappa shape index (κ1) is 20.9. The van der Waals surface area contributed by atoms with Crippen LogP contribution >= 0.6 is 11.8 Å². The lowest BCUT2D eigenvalue weighted by molar-refractivity contribution is 0.102. The van der Waals surface area contributed by atoms with Gasteiger partial charge in [0.15, 0.2) is 22.4 Å². The summed E-state index contributed by atoms with van der Waals surface area (Å²) in [6.45, 7) is 4.01. The van der Waals surface area contributed by atoms with Crippen molar-refractivity contribution in [2.75, 3.05) is 20.0 Å². The van der Waals surface area contributed by atoms with E-state index in [1.807, 2.05) is 32.0 Å². The van der Waals surface area contributed by atoms with E-state index in [9.17, 15) is 9.59 Å². The summed E-state index contributed by atoms with van der Waals surface area (Å²) >= 11 is 1.28. The second kappa shape index (κ2) is 9.13. The Morgan fingerprint density at radius 1 is 1.14 bits per heavy atom. The van der Waals surface area contributed by atoms with Gasteiger partial charge in [-0.15, -0.1) is 0 Å². The number of fused-ring (bicyclic) bond motifs is 1. The molecule has 0 amide bonds. The molecule has 0 N–H and O–H groups in total. The van der Waals surface area contributed by atoms with Crippen molar-refractivity contribution in [3.8, 4) is 11.5 Å². The smallest absolute Gasteiger partial charge is 0.262 e. The second-order valence-electron chi connectivity index (χ2n) is 6.63. The Balaban J connectivity index is 1.92. The first-order valence-corrected chi connectivity index (χ1v) is 10.4. The number of hydrogen-bond donors (Lipinski definition) is 0. The van der Waals surface area contributed by atoms with Gasteiger partial charge in [-0.3, -0.25) is 14.2 Å². The predicted octanol–water partition coefficient (Wildman–Crippen LogP) is 4.36. The first-order valence-electron chi connectivity index (χ1n) is 9.39. The van der Waals surface area contributed by atoms with Crippen molar-refractivity contribution in [3.05, 3.63) is 58.4 Å². The van der Waals surface area contributed by atoms with Gasteiger partial charge in [0.1, 0.15) is 0 Å². The van der Waals surface area contributed by atoms with E-state index >= 15 is 0 Å². The molecule has 29 heavy (non-hydrogen) atoms. The van der Waals surface area contributed by atoms with E-state index in [4.69, 9.17) is 9.47 Å². The topological polar surface area (TPSA) is 70.4 Å². The number of ketones is 1. The van der Waals surface area contributed by atoms with E-state index < -0.39 is 0 Å². The summed E-state index contributed by atoms with van der Waals surface area (Å²) in [5.41, 5.74) is 1.08. The average Bonchev–Trinajstić information content (AvgIpc) is 2.76. The van der Waals surface area contributed by atoms with Crippen LogP contribution in [0, 0.1) is 0 Å². The number of Topliss-reactive ketones (excluding diaryl/α,β-unsaturated/α-hetero) is 1. The largest absolute Gasteiger partial charge is 0.493 e. The molecule has 7 heteroatoms. The summed E-state index contributed by atoms with van der Waals surface area (Å²) < 4.78 is 12.2. The Bertz CT molecular complexity index is 1090. The molecule has 0 unspecified atom stereocenters. The maximum atomic E-state index is 13.0. The van der Waals surface area contributed by atoms with Crippen LogP contribution in [0.5, 0.6) is 11.5 Å². The van der Waals surface area contributed by atoms with Crippen LogP contribution in [0.3, 0.4) is 0 Å². The fraction of sp³-hybridized carbons (Fsp3) is 0.318. The van der Waals surface area contributed by atoms with Gasteiger partial charge in [-0.1, -0.05) is 30.8 Å². The number of benzene rings is 2. The number of para-hydroxylation sites is 1. The molecule has 0 radical (unpaired) electrons. The van der Waals surface area contributed by atoms with Crippen LogP contribution in [-0.2, 0) is 0 Å². The molecule has 0 aliphatic carbocycles. The molecule has 152 valence electrons. The molecule has 3 rings (SSSR count). The van der Waals surface area contributed by atoms with E-state index in [1.54, 1.807) is 35.9 Å². The van der Waals surface area contributed by atoms with Crippen LogP contribution < -0.4 is 15.0 Å². The van der Waals surface area contributed by atoms with E-state index in [1.165, 1.54) is 18.9 Å². The van der Waals surface area contributed by atoms with Gasteiger partial charge in [-0.05, 0) is 43.7 Å². The van der Waals surface area contributed by atoms with Crippen LogP contribution in [-0.4, -0.2) is 35.3 Å². The molecular weight excluding hydrogens is 388 g/mol. The van der Waals surface area contributed by atoms with Crippen molar-refractivity contribution in [2.24, 2.45) is 0 Å². The van der Waals surface area contributed by atoms with Crippen molar-refractivity contribution < 1.29 is 14.3 Å². The van der Waals surface area contributed by atoms with Gasteiger partial charge in [0.2, 0.25) is 0 Å². The fourth-order valence-electron chi connectivity index (χ4n) is 3.02. The minimum absolute atomic E-state index is 0.0155. The number of nitrogens with zero attached hydrogens (tertiary/aromatic N) is 2. The fourth-order valence-corrected chi connectivity index (χ4v) is 4.01. The van der Waals surface area contributed by atoms with Gasteiger partial charge >= 0.3 is 0 Å². The standard InChI is InChI=1S/C22H24N2O4S/c1-5-14(2)24-21(26)16-8-6-7-9-17(16)23-22(24)29-13-18(25)15-10-11-19(27-3)20(12-15)28-4/h6-12,14H,5,13H2,1-4H3/t14-/m0/s1. The molecule has 0 fully saturated rings. The zero-order valence-corrected chi connectivity index (χ0v) is 17.8. The molecule has 3 aromatic rings. The van der Waals surface area contributed by atoms with E-state index in [-0.39, 0.29) is 23.1 Å². The molecule has 0 aliphatic heterocycles. The number of methoxy groups -OCH3 is 2. The van der Waals surface area contributed by atoms with E-state index in [2.05, 4.69) is 4.98 Å². The lowest BCUT2D eigenvalue weighted by Crippen LogP contribution is -2.26. The molecule has 0 saturated carbocycles. The van der Waals surface area contributed by atoms with Crippen LogP contribution in [0.4, 0.5) is 0 Å². The monoisotopic (exact) mass is 412 g/mol. The maximum Gasteiger partial charge on any atom is 0.262 e. The molecule has 1 aromatic heterocycles. The Morgan fingerprint density at radius 2 is 1.86 bits per heavy atom. The molecule has 2 aromatic carbocycles. The highest BCUT2D eigenvalue weighted by atomic mass is 32.2. The molecule has 1 heterocycles. The second-order valence-corrected chi connectivity index (χ2v) is 7.57. The number of hydrogen-bond acceptors (Lipinski definition) is 6. The van der Waals surface area contributed by atoms with Crippen molar-refractivity contribution in [1.29, 1.82) is 0 Å². The number of carbonyl (C=O) groups is 1. The zero-order chi connectivity index (χ0) is 21.0. The van der Waals surface area contributed by atoms with Gasteiger partial charge in [0, 0.05) is 11.6 Å². The molecule has 6 nitrogen and oxygen atoms in total. The summed E-state index contributed by atoms with van der Waals surface area (Å²) in [6.07, 6.45) is 0.789. The van der Waals surface area contributed by atoms with Crippen molar-refractivity contribution >= 4 is 28.4 Å². The number of rotatable bonds is 8. The highest BCUT2D eigenvalue weighted by Gasteiger charge is 2.18. The quantitative estimate of drug-likeness (QED) is 0.311. The summed E-state index contributed by atoms with van der Waals surface area (Å²) in [5, 5.41) is 1.14. The predicted molar refractivity (Wildman–Crippen MR) is 116 cm³/mol. The summed E-state index contributed by atoms with van der Waals surface area (Å²) in [4.78, 5) is 30.4. The lowest BCUT2D eigenvalue weighted by Gasteiger charge is -2.18. The van der Waals surface area contributed by atoms with E-state index in [0.717, 1.165) is 6.42 Å². The third kappa shape index (κ3) is 4.29. The van der Waals surface area contributed by atoms with Crippen LogP contribution in [0.1, 0.15) is 36.7 Å². The SMILES string of the molecule is CC[C@H](C)n1c(SCC(=O)c2ccc(OC)c(OC)c2)nc2ccccc2c1=O. The highest BCUT2D eigenvalue weighted by molar-refractivity contribution is 7.99. The Morgan fingerprint density at radius 3 is 2.55 bits per heavy atom. The van der Waals surface area contributed by atoms with Gasteiger partial charge in [-0.2, -0.15) is 0 Å². The molecular formula is C22H24N2O4S. The molecule has 1 atom stereocenters. The van der Waals surface area contributed by atoms with Gasteiger partial charge in [0.05, 0.1) is 30.9 Å². The lowest BCUT2D eigenvalue weighted by atomic mass is 10.1. The zero-order valence-electron chi connectivity index (χ0n) is 17.0. The summed E-state index contributed by atoms with van der Waals surface area (Å²) in [7, 11) is 3.08. The molecule has 0 spiro atoms. The number of carbonyl (C=O) groups excluding carboxylic acids is 1. The van der Waals surface area contributed by atoms with Crippen LogP contribution in [0.15, 0.2) is 52.4 Å². The van der Waals surface area contributed by atoms with Crippen LogP contribution in [0.2, 0.25) is 0 Å². The molecule has 0 bridgehead atoms. The minimum atomic E-state index is -0.0778. The van der Waals surface area contributed by atoms with Gasteiger partial charge < -0.3 is 9.47 Å². The molecule has 0 saturated heterocycles. The van der Waals surface area contributed by atoms with Crippen molar-refractivity contribution in [1.82, 2.24) is 9.55 Å². The van der Waals surface area contributed by atoms with Gasteiger partial charge in [0.25, 0.3) is 5.56 Å².